The van der Waals surface area contributed by atoms with Gasteiger partial charge in [-0.15, -0.1) is 0 Å². The van der Waals surface area contributed by atoms with Gasteiger partial charge in [0, 0.05) is 30.2 Å². The zero-order valence-corrected chi connectivity index (χ0v) is 20.0. The number of amides is 1. The van der Waals surface area contributed by atoms with Crippen LogP contribution in [0, 0.1) is 5.92 Å². The summed E-state index contributed by atoms with van der Waals surface area (Å²) < 4.78 is 5.33. The molecule has 1 saturated heterocycles. The lowest BCUT2D eigenvalue weighted by Crippen LogP contribution is -2.52. The van der Waals surface area contributed by atoms with Gasteiger partial charge in [0.15, 0.2) is 0 Å². The largest absolute Gasteiger partial charge is 0.497 e. The van der Waals surface area contributed by atoms with E-state index >= 15 is 0 Å². The Morgan fingerprint density at radius 3 is 2.48 bits per heavy atom. The van der Waals surface area contributed by atoms with E-state index in [-0.39, 0.29) is 12.0 Å². The fourth-order valence-electron chi connectivity index (χ4n) is 6.29. The molecule has 2 unspecified atom stereocenters. The summed E-state index contributed by atoms with van der Waals surface area (Å²) in [6.45, 7) is 2.14. The van der Waals surface area contributed by atoms with Gasteiger partial charge in [-0.3, -0.25) is 9.69 Å². The summed E-state index contributed by atoms with van der Waals surface area (Å²) in [6, 6.07) is 18.0. The molecule has 0 spiro atoms. The molecule has 3 aliphatic rings. The third kappa shape index (κ3) is 4.96. The number of carbonyl (C=O) groups excluding carboxylic acids is 1. The molecule has 33 heavy (non-hydrogen) atoms. The van der Waals surface area contributed by atoms with E-state index < -0.39 is 0 Å². The zero-order chi connectivity index (χ0) is 22.6. The Morgan fingerprint density at radius 1 is 0.909 bits per heavy atom. The predicted molar refractivity (Wildman–Crippen MR) is 134 cm³/mol. The summed E-state index contributed by atoms with van der Waals surface area (Å²) in [4.78, 5) is 18.7. The molecular formula is C29H38N2O2. The Kier molecular flexibility index (Phi) is 7.01. The molecule has 2 fully saturated rings. The summed E-state index contributed by atoms with van der Waals surface area (Å²) in [6.07, 6.45) is 11.5. The monoisotopic (exact) mass is 446 g/mol. The minimum atomic E-state index is 0.209. The second kappa shape index (κ2) is 10.3. The third-order valence-corrected chi connectivity index (χ3v) is 8.13. The van der Waals surface area contributed by atoms with Crippen LogP contribution in [0.4, 0.5) is 5.69 Å². The normalized spacial score (nSPS) is 24.0. The van der Waals surface area contributed by atoms with Crippen molar-refractivity contribution >= 4 is 11.6 Å². The van der Waals surface area contributed by atoms with Gasteiger partial charge in [0.25, 0.3) is 0 Å². The lowest BCUT2D eigenvalue weighted by atomic mass is 9.86. The zero-order valence-electron chi connectivity index (χ0n) is 20.0. The van der Waals surface area contributed by atoms with E-state index in [4.69, 9.17) is 4.74 Å². The lowest BCUT2D eigenvalue weighted by Gasteiger charge is -2.42. The van der Waals surface area contributed by atoms with Crippen molar-refractivity contribution in [2.45, 2.75) is 76.3 Å². The van der Waals surface area contributed by atoms with Gasteiger partial charge in [0.1, 0.15) is 5.75 Å². The van der Waals surface area contributed by atoms with Gasteiger partial charge in [-0.2, -0.15) is 0 Å². The number of benzene rings is 2. The summed E-state index contributed by atoms with van der Waals surface area (Å²) in [5.74, 6) is 1.51. The second-order valence-electron chi connectivity index (χ2n) is 10.2. The smallest absolute Gasteiger partial charge is 0.230 e. The number of aryl methyl sites for hydroxylation is 1. The van der Waals surface area contributed by atoms with Gasteiger partial charge in [-0.25, -0.2) is 0 Å². The molecule has 0 bridgehead atoms. The number of nitrogens with zero attached hydrogens (tertiary/aromatic N) is 2. The van der Waals surface area contributed by atoms with Gasteiger partial charge in [-0.1, -0.05) is 49.6 Å². The van der Waals surface area contributed by atoms with Crippen LogP contribution >= 0.6 is 0 Å². The highest BCUT2D eigenvalue weighted by molar-refractivity contribution is 5.97. The van der Waals surface area contributed by atoms with Gasteiger partial charge < -0.3 is 9.64 Å². The molecule has 2 atom stereocenters. The van der Waals surface area contributed by atoms with Crippen molar-refractivity contribution < 1.29 is 9.53 Å². The molecular weight excluding hydrogens is 408 g/mol. The summed E-state index contributed by atoms with van der Waals surface area (Å²) in [5, 5.41) is 0. The second-order valence-corrected chi connectivity index (χ2v) is 10.2. The van der Waals surface area contributed by atoms with Crippen molar-refractivity contribution in [3.63, 3.8) is 0 Å². The highest BCUT2D eigenvalue weighted by Gasteiger charge is 2.37. The van der Waals surface area contributed by atoms with E-state index in [1.165, 1.54) is 48.9 Å². The van der Waals surface area contributed by atoms with Gasteiger partial charge in [-0.05, 0) is 80.8 Å². The van der Waals surface area contributed by atoms with E-state index in [1.54, 1.807) is 7.11 Å². The number of hydrogen-bond acceptors (Lipinski definition) is 3. The Morgan fingerprint density at radius 2 is 1.70 bits per heavy atom. The first-order valence-electron chi connectivity index (χ1n) is 13.0. The number of rotatable bonds is 6. The molecule has 4 heteroatoms. The number of likely N-dealkylation sites (tertiary alicyclic amines) is 1. The fraction of sp³-hybridized carbons (Fsp3) is 0.552. The maximum atomic E-state index is 13.8. The molecule has 1 aliphatic carbocycles. The maximum absolute atomic E-state index is 13.8. The fourth-order valence-corrected chi connectivity index (χ4v) is 6.29. The van der Waals surface area contributed by atoms with Crippen LogP contribution in [0.25, 0.3) is 0 Å². The van der Waals surface area contributed by atoms with Crippen LogP contribution in [0.2, 0.25) is 0 Å². The molecule has 2 aliphatic heterocycles. The van der Waals surface area contributed by atoms with Crippen molar-refractivity contribution in [3.05, 3.63) is 59.7 Å². The molecule has 1 amide bonds. The van der Waals surface area contributed by atoms with Crippen molar-refractivity contribution in [2.75, 3.05) is 25.1 Å². The summed E-state index contributed by atoms with van der Waals surface area (Å²) in [5.41, 5.74) is 3.89. The van der Waals surface area contributed by atoms with E-state index in [9.17, 15) is 4.79 Å². The molecule has 4 nitrogen and oxygen atoms in total. The Balaban J connectivity index is 1.33. The molecule has 2 aromatic rings. The van der Waals surface area contributed by atoms with Gasteiger partial charge >= 0.3 is 0 Å². The SMILES string of the molecule is COc1ccc(CC2CCCN2CC2CCc3ccccc3N2C(=O)C2CCCCC2)cc1. The van der Waals surface area contributed by atoms with E-state index in [0.717, 1.165) is 50.9 Å². The van der Waals surface area contributed by atoms with Crippen molar-refractivity contribution in [1.29, 1.82) is 0 Å². The summed E-state index contributed by atoms with van der Waals surface area (Å²) >= 11 is 0. The van der Waals surface area contributed by atoms with Crippen LogP contribution in [0.3, 0.4) is 0 Å². The molecule has 0 N–H and O–H groups in total. The number of methoxy groups -OCH3 is 1. The van der Waals surface area contributed by atoms with Crippen LogP contribution in [-0.2, 0) is 17.6 Å². The topological polar surface area (TPSA) is 32.8 Å². The predicted octanol–water partition coefficient (Wildman–Crippen LogP) is 5.63. The molecule has 5 rings (SSSR count). The minimum Gasteiger partial charge on any atom is -0.497 e. The lowest BCUT2D eigenvalue weighted by molar-refractivity contribution is -0.124. The number of para-hydroxylation sites is 1. The number of carbonyl (C=O) groups is 1. The van der Waals surface area contributed by atoms with Crippen LogP contribution in [0.5, 0.6) is 5.75 Å². The van der Waals surface area contributed by atoms with Crippen molar-refractivity contribution in [2.24, 2.45) is 5.92 Å². The molecule has 176 valence electrons. The number of ether oxygens (including phenoxy) is 1. The van der Waals surface area contributed by atoms with Crippen LogP contribution in [0.15, 0.2) is 48.5 Å². The average Bonchev–Trinajstić information content (AvgIpc) is 3.30. The van der Waals surface area contributed by atoms with Crippen molar-refractivity contribution in [3.8, 4) is 5.75 Å². The molecule has 2 aromatic carbocycles. The number of fused-ring (bicyclic) bond motifs is 1. The van der Waals surface area contributed by atoms with E-state index in [2.05, 4.69) is 58.3 Å². The maximum Gasteiger partial charge on any atom is 0.230 e. The summed E-state index contributed by atoms with van der Waals surface area (Å²) in [7, 11) is 1.72. The molecule has 2 heterocycles. The van der Waals surface area contributed by atoms with Crippen molar-refractivity contribution in [1.82, 2.24) is 4.90 Å². The van der Waals surface area contributed by atoms with E-state index in [0.29, 0.717) is 11.9 Å². The highest BCUT2D eigenvalue weighted by atomic mass is 16.5. The Labute approximate surface area is 198 Å². The number of hydrogen-bond donors (Lipinski definition) is 0. The highest BCUT2D eigenvalue weighted by Crippen LogP contribution is 2.36. The first kappa shape index (κ1) is 22.5. The van der Waals surface area contributed by atoms with Gasteiger partial charge in [0.2, 0.25) is 5.91 Å². The van der Waals surface area contributed by atoms with E-state index in [1.807, 2.05) is 0 Å². The molecule has 0 aromatic heterocycles. The minimum absolute atomic E-state index is 0.209. The molecule has 0 radical (unpaired) electrons. The quantitative estimate of drug-likeness (QED) is 0.576. The average molecular weight is 447 g/mol. The number of anilines is 1. The van der Waals surface area contributed by atoms with Crippen LogP contribution in [-0.4, -0.2) is 43.1 Å². The van der Waals surface area contributed by atoms with Crippen LogP contribution in [0.1, 0.15) is 62.5 Å². The Hall–Kier alpha value is -2.33. The third-order valence-electron chi connectivity index (χ3n) is 8.13. The van der Waals surface area contributed by atoms with Crippen LogP contribution < -0.4 is 9.64 Å². The first-order valence-corrected chi connectivity index (χ1v) is 13.0. The Bertz CT molecular complexity index is 935. The molecule has 1 saturated carbocycles. The standard InChI is InChI=1S/C29H38N2O2/c1-33-27-17-13-22(14-18-27)20-25-11-7-19-30(25)21-26-16-15-23-8-5-6-12-28(23)31(26)29(32)24-9-3-2-4-10-24/h5-6,8,12-14,17-18,24-26H,2-4,7,9-11,15-16,19-21H2,1H3. The first-order chi connectivity index (χ1) is 16.2. The van der Waals surface area contributed by atoms with Gasteiger partial charge in [0.05, 0.1) is 7.11 Å².